The maximum Gasteiger partial charge on any atom is 0.410 e. The van der Waals surface area contributed by atoms with Crippen molar-refractivity contribution in [3.8, 4) is 11.8 Å². The van der Waals surface area contributed by atoms with Gasteiger partial charge in [-0.2, -0.15) is 5.26 Å². The summed E-state index contributed by atoms with van der Waals surface area (Å²) in [5, 5.41) is 8.92. The van der Waals surface area contributed by atoms with Crippen LogP contribution in [0.25, 0.3) is 0 Å². The number of anilines is 1. The van der Waals surface area contributed by atoms with Crippen LogP contribution in [0.15, 0.2) is 36.4 Å². The molecule has 6 rings (SSSR count). The minimum atomic E-state index is -0.719. The molecule has 1 saturated carbocycles. The largest absolute Gasteiger partial charge is 0.487 e. The van der Waals surface area contributed by atoms with E-state index < -0.39 is 17.2 Å². The second-order valence-electron chi connectivity index (χ2n) is 12.5. The molecule has 4 fully saturated rings. The Morgan fingerprint density at radius 3 is 2.44 bits per heavy atom. The molecule has 0 atom stereocenters. The van der Waals surface area contributed by atoms with E-state index in [1.807, 2.05) is 28.0 Å². The van der Waals surface area contributed by atoms with Crippen molar-refractivity contribution in [2.75, 3.05) is 45.0 Å². The molecule has 4 aliphatic rings. The summed E-state index contributed by atoms with van der Waals surface area (Å²) in [5.74, 6) is -0.188. The summed E-state index contributed by atoms with van der Waals surface area (Å²) in [4.78, 5) is 31.5. The smallest absolute Gasteiger partial charge is 0.410 e. The number of benzene rings is 2. The summed E-state index contributed by atoms with van der Waals surface area (Å²) in [6.07, 6.45) is 4.27. The predicted molar refractivity (Wildman–Crippen MR) is 154 cm³/mol. The molecule has 0 aromatic heterocycles. The number of nitrogens with two attached hydrogens (primary N) is 1. The van der Waals surface area contributed by atoms with Crippen LogP contribution in [0.4, 0.5) is 19.3 Å². The summed E-state index contributed by atoms with van der Waals surface area (Å²) in [5.41, 5.74) is 5.80. The molecule has 3 saturated heterocycles. The van der Waals surface area contributed by atoms with Crippen LogP contribution in [0.1, 0.15) is 49.7 Å². The lowest BCUT2D eigenvalue weighted by molar-refractivity contribution is -0.145. The first kappa shape index (κ1) is 29.2. The van der Waals surface area contributed by atoms with Gasteiger partial charge in [0, 0.05) is 62.3 Å². The fraction of sp³-hybridized carbons (Fsp3) is 0.531. The number of nitrogen functional groups attached to an aromatic ring is 1. The number of halogens is 2. The standard InChI is InChI=1S/C32H37F2N5O4/c33-28-12-22(15-35)13-29(34)27(28)19-37-10-8-32(9-11-37)20-39(31(41)43-32)16-21-4-6-23(7-5-21)30(40)38-17-26(18-38)42-25-3-1-2-24(36)14-25/h1-3,12-14,21,23,26H,4-11,16-20,36H2/t21-,23-. The molecule has 2 N–H and O–H groups in total. The van der Waals surface area contributed by atoms with Gasteiger partial charge in [0.2, 0.25) is 5.91 Å². The van der Waals surface area contributed by atoms with E-state index in [1.54, 1.807) is 17.0 Å². The van der Waals surface area contributed by atoms with E-state index in [1.165, 1.54) is 0 Å². The van der Waals surface area contributed by atoms with E-state index in [-0.39, 0.29) is 41.7 Å². The summed E-state index contributed by atoms with van der Waals surface area (Å²) >= 11 is 0. The molecule has 0 radical (unpaired) electrons. The fourth-order valence-electron chi connectivity index (χ4n) is 6.89. The first-order valence-electron chi connectivity index (χ1n) is 15.1. The predicted octanol–water partition coefficient (Wildman–Crippen LogP) is 4.30. The zero-order valence-corrected chi connectivity index (χ0v) is 24.1. The van der Waals surface area contributed by atoms with Gasteiger partial charge in [-0.05, 0) is 55.9 Å². The Morgan fingerprint density at radius 2 is 1.79 bits per heavy atom. The lowest BCUT2D eigenvalue weighted by atomic mass is 9.80. The molecular formula is C32H37F2N5O4. The second-order valence-corrected chi connectivity index (χ2v) is 12.5. The molecule has 1 spiro atoms. The number of amides is 2. The second kappa shape index (κ2) is 12.0. The minimum Gasteiger partial charge on any atom is -0.487 e. The monoisotopic (exact) mass is 593 g/mol. The highest BCUT2D eigenvalue weighted by Gasteiger charge is 2.47. The van der Waals surface area contributed by atoms with Gasteiger partial charge < -0.3 is 25.0 Å². The third kappa shape index (κ3) is 6.39. The Morgan fingerprint density at radius 1 is 1.09 bits per heavy atom. The number of hydrogen-bond donors (Lipinski definition) is 1. The highest BCUT2D eigenvalue weighted by atomic mass is 19.1. The number of hydrogen-bond acceptors (Lipinski definition) is 7. The maximum absolute atomic E-state index is 14.4. The van der Waals surface area contributed by atoms with Crippen LogP contribution < -0.4 is 10.5 Å². The summed E-state index contributed by atoms with van der Waals surface area (Å²) < 4.78 is 40.6. The van der Waals surface area contributed by atoms with E-state index in [2.05, 4.69) is 0 Å². The Balaban J connectivity index is 0.927. The molecule has 228 valence electrons. The molecule has 2 aromatic rings. The molecule has 11 heteroatoms. The maximum atomic E-state index is 14.4. The number of carbonyl (C=O) groups excluding carboxylic acids is 2. The van der Waals surface area contributed by atoms with Gasteiger partial charge in [-0.1, -0.05) is 6.07 Å². The lowest BCUT2D eigenvalue weighted by Crippen LogP contribution is -2.57. The van der Waals surface area contributed by atoms with Crippen molar-refractivity contribution in [2.24, 2.45) is 11.8 Å². The van der Waals surface area contributed by atoms with Crippen LogP contribution in [-0.4, -0.2) is 77.7 Å². The zero-order valence-electron chi connectivity index (χ0n) is 24.1. The Kier molecular flexibility index (Phi) is 8.14. The Hall–Kier alpha value is -3.91. The summed E-state index contributed by atoms with van der Waals surface area (Å²) in [6.45, 7) is 3.51. The Labute approximate surface area is 250 Å². The van der Waals surface area contributed by atoms with Crippen molar-refractivity contribution >= 4 is 17.7 Å². The topological polar surface area (TPSA) is 112 Å². The molecule has 2 amide bonds. The highest BCUT2D eigenvalue weighted by Crippen LogP contribution is 2.37. The highest BCUT2D eigenvalue weighted by molar-refractivity contribution is 5.80. The van der Waals surface area contributed by atoms with Gasteiger partial charge in [-0.25, -0.2) is 13.6 Å². The Bertz CT molecular complexity index is 1390. The molecule has 9 nitrogen and oxygen atoms in total. The van der Waals surface area contributed by atoms with Gasteiger partial charge in [0.05, 0.1) is 31.3 Å². The van der Waals surface area contributed by atoms with Crippen molar-refractivity contribution in [3.05, 3.63) is 59.2 Å². The number of likely N-dealkylation sites (tertiary alicyclic amines) is 2. The zero-order chi connectivity index (χ0) is 30.1. The number of nitriles is 1. The first-order chi connectivity index (χ1) is 20.7. The van der Waals surface area contributed by atoms with Gasteiger partial charge >= 0.3 is 6.09 Å². The quantitative estimate of drug-likeness (QED) is 0.477. The van der Waals surface area contributed by atoms with Crippen molar-refractivity contribution < 1.29 is 27.8 Å². The lowest BCUT2D eigenvalue weighted by Gasteiger charge is -2.42. The van der Waals surface area contributed by atoms with Gasteiger partial charge in [0.1, 0.15) is 29.1 Å². The average Bonchev–Trinajstić information content (AvgIpc) is 3.27. The molecule has 3 aliphatic heterocycles. The third-order valence-electron chi connectivity index (χ3n) is 9.46. The molecule has 43 heavy (non-hydrogen) atoms. The number of ether oxygens (including phenoxy) is 2. The van der Waals surface area contributed by atoms with Gasteiger partial charge in [-0.3, -0.25) is 9.69 Å². The van der Waals surface area contributed by atoms with Gasteiger partial charge in [-0.15, -0.1) is 0 Å². The van der Waals surface area contributed by atoms with Crippen LogP contribution >= 0.6 is 0 Å². The summed E-state index contributed by atoms with van der Waals surface area (Å²) in [7, 11) is 0. The third-order valence-corrected chi connectivity index (χ3v) is 9.46. The van der Waals surface area contributed by atoms with Gasteiger partial charge in [0.25, 0.3) is 0 Å². The molecule has 2 aromatic carbocycles. The minimum absolute atomic E-state index is 0.0107. The van der Waals surface area contributed by atoms with Gasteiger partial charge in [0.15, 0.2) is 0 Å². The molecule has 0 unspecified atom stereocenters. The van der Waals surface area contributed by atoms with Crippen molar-refractivity contribution in [3.63, 3.8) is 0 Å². The van der Waals surface area contributed by atoms with E-state index >= 15 is 0 Å². The molecular weight excluding hydrogens is 556 g/mol. The van der Waals surface area contributed by atoms with Crippen LogP contribution in [0.2, 0.25) is 0 Å². The average molecular weight is 594 g/mol. The fourth-order valence-corrected chi connectivity index (χ4v) is 6.89. The van der Waals surface area contributed by atoms with Crippen LogP contribution in [0.5, 0.6) is 5.75 Å². The summed E-state index contributed by atoms with van der Waals surface area (Å²) in [6, 6.07) is 11.2. The molecule has 0 bridgehead atoms. The van der Waals surface area contributed by atoms with E-state index in [4.69, 9.17) is 20.5 Å². The SMILES string of the molecule is N#Cc1cc(F)c(CN2CCC3(CC2)CN(C[C@H]2CC[C@H](C(=O)N4CC(Oc5cccc(N)c5)C4)CC2)C(=O)O3)c(F)c1. The van der Waals surface area contributed by atoms with E-state index in [0.29, 0.717) is 63.7 Å². The number of nitrogens with zero attached hydrogens (tertiary/aromatic N) is 4. The van der Waals surface area contributed by atoms with E-state index in [0.717, 1.165) is 43.6 Å². The van der Waals surface area contributed by atoms with E-state index in [9.17, 15) is 18.4 Å². The number of carbonyl (C=O) groups is 2. The van der Waals surface area contributed by atoms with Crippen molar-refractivity contribution in [1.82, 2.24) is 14.7 Å². The van der Waals surface area contributed by atoms with Crippen molar-refractivity contribution in [1.29, 1.82) is 5.26 Å². The molecule has 3 heterocycles. The molecule has 1 aliphatic carbocycles. The number of piperidine rings is 1. The normalized spacial score (nSPS) is 24.0. The van der Waals surface area contributed by atoms with Crippen LogP contribution in [0, 0.1) is 34.8 Å². The van der Waals surface area contributed by atoms with Crippen LogP contribution in [0.3, 0.4) is 0 Å². The number of rotatable bonds is 7. The first-order valence-corrected chi connectivity index (χ1v) is 15.1. The van der Waals surface area contributed by atoms with Crippen molar-refractivity contribution in [2.45, 2.75) is 56.8 Å². The van der Waals surface area contributed by atoms with Crippen LogP contribution in [-0.2, 0) is 16.1 Å².